The molecular weight excluding hydrogens is 432 g/mol. The van der Waals surface area contributed by atoms with Crippen LogP contribution in [0, 0.1) is 5.41 Å². The van der Waals surface area contributed by atoms with E-state index < -0.39 is 12.7 Å². The van der Waals surface area contributed by atoms with Crippen LogP contribution in [0.15, 0.2) is 27.7 Å². The first-order chi connectivity index (χ1) is 13.3. The number of nitrogens with two attached hydrogens (primary N) is 1. The van der Waals surface area contributed by atoms with Gasteiger partial charge in [-0.3, -0.25) is 9.69 Å². The lowest BCUT2D eigenvalue weighted by Crippen LogP contribution is -2.42. The Hall–Kier alpha value is -1.54. The number of amides is 1. The average Bonchev–Trinajstić information content (AvgIpc) is 2.90. The second-order valence-electron chi connectivity index (χ2n) is 7.97. The van der Waals surface area contributed by atoms with E-state index >= 15 is 0 Å². The van der Waals surface area contributed by atoms with Gasteiger partial charge in [0.25, 0.3) is 0 Å². The number of hydrogen-bond donors (Lipinski definition) is 1. The first-order valence-electron chi connectivity index (χ1n) is 9.54. The first-order valence-corrected chi connectivity index (χ1v) is 10.3. The largest absolute Gasteiger partial charge is 0.369 e. The summed E-state index contributed by atoms with van der Waals surface area (Å²) < 4.78 is 30.9. The van der Waals surface area contributed by atoms with E-state index in [1.54, 1.807) is 0 Å². The van der Waals surface area contributed by atoms with Crippen molar-refractivity contribution in [2.75, 3.05) is 0 Å². The van der Waals surface area contributed by atoms with Crippen LogP contribution < -0.4 is 5.73 Å². The van der Waals surface area contributed by atoms with E-state index in [2.05, 4.69) is 22.0 Å². The Morgan fingerprint density at radius 1 is 1.39 bits per heavy atom. The van der Waals surface area contributed by atoms with Crippen molar-refractivity contribution in [1.82, 2.24) is 4.90 Å². The summed E-state index contributed by atoms with van der Waals surface area (Å²) in [4.78, 5) is 17.6. The fourth-order valence-corrected chi connectivity index (χ4v) is 4.91. The molecule has 154 valence electrons. The number of guanidine groups is 1. The molecule has 0 radical (unpaired) electrons. The van der Waals surface area contributed by atoms with Crippen molar-refractivity contribution in [3.63, 3.8) is 0 Å². The summed E-state index contributed by atoms with van der Waals surface area (Å²) in [6.07, 6.45) is 3.66. The van der Waals surface area contributed by atoms with Gasteiger partial charge in [-0.1, -0.05) is 22.0 Å². The number of nitrogens with zero attached hydrogens (tertiary/aromatic N) is 2. The van der Waals surface area contributed by atoms with Crippen molar-refractivity contribution >= 4 is 28.3 Å². The Bertz CT molecular complexity index is 749. The van der Waals surface area contributed by atoms with Gasteiger partial charge in [-0.15, -0.1) is 0 Å². The van der Waals surface area contributed by atoms with Crippen LogP contribution in [-0.4, -0.2) is 36.0 Å². The normalized spacial score (nSPS) is 27.5. The number of alkyl halides is 2. The maximum absolute atomic E-state index is 12.6. The van der Waals surface area contributed by atoms with Crippen LogP contribution in [0.1, 0.15) is 56.7 Å². The molecule has 1 spiro atoms. The second kappa shape index (κ2) is 8.45. The van der Waals surface area contributed by atoms with Gasteiger partial charge in [-0.05, 0) is 69.2 Å². The Balaban J connectivity index is 1.93. The molecule has 1 aromatic carbocycles. The number of benzene rings is 1. The maximum Gasteiger partial charge on any atom is 0.345 e. The Morgan fingerprint density at radius 2 is 2.07 bits per heavy atom. The molecule has 2 aliphatic carbocycles. The third-order valence-electron chi connectivity index (χ3n) is 5.94. The third kappa shape index (κ3) is 4.22. The molecule has 8 heteroatoms. The Morgan fingerprint density at radius 3 is 2.64 bits per heavy atom. The van der Waals surface area contributed by atoms with E-state index in [1.165, 1.54) is 10.5 Å². The minimum absolute atomic E-state index is 0.101. The van der Waals surface area contributed by atoms with Gasteiger partial charge in [0.1, 0.15) is 0 Å². The predicted molar refractivity (Wildman–Crippen MR) is 107 cm³/mol. The zero-order chi connectivity index (χ0) is 20.5. The molecule has 1 atom stereocenters. The van der Waals surface area contributed by atoms with Crippen molar-refractivity contribution in [3.05, 3.63) is 33.8 Å². The number of carbonyl (C=O) groups excluding carboxylic acids is 1. The molecule has 1 amide bonds. The van der Waals surface area contributed by atoms with Crippen LogP contribution in [-0.2, 0) is 16.0 Å². The van der Waals surface area contributed by atoms with Gasteiger partial charge in [-0.25, -0.2) is 4.99 Å². The third-order valence-corrected chi connectivity index (χ3v) is 6.44. The van der Waals surface area contributed by atoms with Crippen LogP contribution in [0.3, 0.4) is 0 Å². The van der Waals surface area contributed by atoms with Crippen molar-refractivity contribution in [1.29, 1.82) is 0 Å². The summed E-state index contributed by atoms with van der Waals surface area (Å²) in [6, 6.07) is 5.81. The molecule has 5 nitrogen and oxygen atoms in total. The predicted octanol–water partition coefficient (Wildman–Crippen LogP) is 4.40. The molecule has 0 heterocycles. The van der Waals surface area contributed by atoms with E-state index in [1.807, 2.05) is 26.0 Å². The van der Waals surface area contributed by atoms with E-state index in [-0.39, 0.29) is 23.5 Å². The number of hydrogen-bond acceptors (Lipinski definition) is 3. The lowest BCUT2D eigenvalue weighted by molar-refractivity contribution is -0.175. The van der Waals surface area contributed by atoms with Gasteiger partial charge < -0.3 is 10.5 Å². The topological polar surface area (TPSA) is 67.9 Å². The van der Waals surface area contributed by atoms with Gasteiger partial charge in [-0.2, -0.15) is 8.78 Å². The molecular formula is C20H26BrF2N3O2. The molecule has 3 rings (SSSR count). The zero-order valence-corrected chi connectivity index (χ0v) is 17.7. The lowest BCUT2D eigenvalue weighted by Gasteiger charge is -2.40. The molecule has 0 aromatic heterocycles. The van der Waals surface area contributed by atoms with Crippen LogP contribution in [0.4, 0.5) is 8.78 Å². The molecule has 0 aliphatic heterocycles. The smallest absolute Gasteiger partial charge is 0.345 e. The highest BCUT2D eigenvalue weighted by Crippen LogP contribution is 2.56. The quantitative estimate of drug-likeness (QED) is 0.404. The molecule has 2 N–H and O–H groups in total. The van der Waals surface area contributed by atoms with Crippen molar-refractivity contribution in [3.8, 4) is 0 Å². The van der Waals surface area contributed by atoms with Crippen molar-refractivity contribution in [2.24, 2.45) is 16.1 Å². The molecule has 1 aromatic rings. The van der Waals surface area contributed by atoms with Crippen LogP contribution in [0.25, 0.3) is 0 Å². The van der Waals surface area contributed by atoms with Gasteiger partial charge in [0, 0.05) is 15.9 Å². The Labute approximate surface area is 172 Å². The highest BCUT2D eigenvalue weighted by Gasteiger charge is 2.48. The van der Waals surface area contributed by atoms with Crippen LogP contribution in [0.5, 0.6) is 0 Å². The van der Waals surface area contributed by atoms with Crippen LogP contribution >= 0.6 is 15.9 Å². The molecule has 28 heavy (non-hydrogen) atoms. The first kappa shape index (κ1) is 21.2. The van der Waals surface area contributed by atoms with Gasteiger partial charge in [0.05, 0.1) is 12.1 Å². The average molecular weight is 458 g/mol. The van der Waals surface area contributed by atoms with E-state index in [0.717, 1.165) is 29.3 Å². The number of rotatable bonds is 5. The van der Waals surface area contributed by atoms with Gasteiger partial charge in [0.15, 0.2) is 5.96 Å². The van der Waals surface area contributed by atoms with Crippen molar-refractivity contribution < 1.29 is 18.3 Å². The molecule has 1 unspecified atom stereocenters. The number of halogens is 3. The zero-order valence-electron chi connectivity index (χ0n) is 16.1. The second-order valence-corrected chi connectivity index (χ2v) is 8.89. The van der Waals surface area contributed by atoms with Gasteiger partial charge >= 0.3 is 6.61 Å². The standard InChI is InChI=1S/C20H26BrF2N3O2/c1-12(2)26(11-27)19(24)25-17-16-9-14(21)4-3-13(16)10-20(17)7-5-15(6-8-20)28-18(22)23/h3-4,9,11-12,15,17-18H,5-8,10H2,1-2H3,(H2,24,25)/t15-,17?,20-. The highest BCUT2D eigenvalue weighted by atomic mass is 79.9. The summed E-state index contributed by atoms with van der Waals surface area (Å²) in [5, 5.41) is 0. The minimum atomic E-state index is -2.74. The fourth-order valence-electron chi connectivity index (χ4n) is 4.53. The monoisotopic (exact) mass is 457 g/mol. The van der Waals surface area contributed by atoms with Crippen LogP contribution in [0.2, 0.25) is 0 Å². The number of fused-ring (bicyclic) bond motifs is 1. The lowest BCUT2D eigenvalue weighted by atomic mass is 9.68. The van der Waals surface area contributed by atoms with Gasteiger partial charge in [0.2, 0.25) is 6.41 Å². The molecule has 0 bridgehead atoms. The molecule has 2 aliphatic rings. The van der Waals surface area contributed by atoms with E-state index in [0.29, 0.717) is 19.3 Å². The Kier molecular flexibility index (Phi) is 6.39. The van der Waals surface area contributed by atoms with Crippen molar-refractivity contribution in [2.45, 2.75) is 70.8 Å². The summed E-state index contributed by atoms with van der Waals surface area (Å²) in [5.41, 5.74) is 8.28. The highest BCUT2D eigenvalue weighted by molar-refractivity contribution is 9.10. The minimum Gasteiger partial charge on any atom is -0.369 e. The molecule has 0 saturated heterocycles. The number of carbonyl (C=O) groups is 1. The molecule has 1 saturated carbocycles. The van der Waals surface area contributed by atoms with E-state index in [4.69, 9.17) is 15.5 Å². The number of ether oxygens (including phenoxy) is 1. The maximum atomic E-state index is 12.6. The summed E-state index contributed by atoms with van der Waals surface area (Å²) in [7, 11) is 0. The summed E-state index contributed by atoms with van der Waals surface area (Å²) in [6.45, 7) is 1.00. The fraction of sp³-hybridized carbons (Fsp3) is 0.600. The number of aliphatic imine (C=N–C) groups is 1. The molecule has 1 fully saturated rings. The summed E-state index contributed by atoms with van der Waals surface area (Å²) >= 11 is 3.52. The SMILES string of the molecule is CC(C)N(C=O)/C(N)=N\C1c2cc(Br)ccc2C[C@]12CC[C@@H](OC(F)F)CC2. The van der Waals surface area contributed by atoms with E-state index in [9.17, 15) is 13.6 Å². The summed E-state index contributed by atoms with van der Waals surface area (Å²) in [5.74, 6) is 0.188.